The van der Waals surface area contributed by atoms with Crippen molar-refractivity contribution >= 4 is 5.96 Å². The lowest BCUT2D eigenvalue weighted by atomic mass is 9.92. The van der Waals surface area contributed by atoms with Gasteiger partial charge in [0.05, 0.1) is 19.8 Å². The van der Waals surface area contributed by atoms with E-state index in [9.17, 15) is 0 Å². The van der Waals surface area contributed by atoms with Gasteiger partial charge in [0.2, 0.25) is 0 Å². The summed E-state index contributed by atoms with van der Waals surface area (Å²) in [5.74, 6) is 1.69. The SMILES string of the molecule is CCNC(=NCC(C(CC)CC)N1CCOCC1)NC1CCN(C(C)C)CC1. The first-order chi connectivity index (χ1) is 13.6. The van der Waals surface area contributed by atoms with E-state index >= 15 is 0 Å². The number of aliphatic imine (C=N–C) groups is 1. The number of hydrogen-bond acceptors (Lipinski definition) is 4. The minimum atomic E-state index is 0.511. The van der Waals surface area contributed by atoms with Gasteiger partial charge in [-0.05, 0) is 39.5 Å². The average molecular weight is 396 g/mol. The summed E-state index contributed by atoms with van der Waals surface area (Å²) in [4.78, 5) is 10.2. The van der Waals surface area contributed by atoms with Crippen molar-refractivity contribution in [3.05, 3.63) is 0 Å². The normalized spacial score (nSPS) is 22.0. The number of nitrogens with zero attached hydrogens (tertiary/aromatic N) is 3. The molecule has 0 amide bonds. The Kier molecular flexibility index (Phi) is 10.6. The van der Waals surface area contributed by atoms with Gasteiger partial charge in [-0.15, -0.1) is 0 Å². The number of rotatable bonds is 9. The second-order valence-electron chi connectivity index (χ2n) is 8.56. The Balaban J connectivity index is 1.97. The van der Waals surface area contributed by atoms with Crippen LogP contribution in [0.15, 0.2) is 4.99 Å². The largest absolute Gasteiger partial charge is 0.379 e. The lowest BCUT2D eigenvalue weighted by molar-refractivity contribution is 0.00394. The maximum absolute atomic E-state index is 5.58. The van der Waals surface area contributed by atoms with E-state index in [1.54, 1.807) is 0 Å². The van der Waals surface area contributed by atoms with Crippen LogP contribution in [0.5, 0.6) is 0 Å². The van der Waals surface area contributed by atoms with E-state index in [1.807, 2.05) is 0 Å². The number of likely N-dealkylation sites (tertiary alicyclic amines) is 1. The summed E-state index contributed by atoms with van der Waals surface area (Å²) < 4.78 is 5.58. The Morgan fingerprint density at radius 3 is 2.18 bits per heavy atom. The quantitative estimate of drug-likeness (QED) is 0.464. The summed E-state index contributed by atoms with van der Waals surface area (Å²) in [6.07, 6.45) is 4.82. The molecule has 0 spiro atoms. The lowest BCUT2D eigenvalue weighted by Crippen LogP contribution is -2.51. The lowest BCUT2D eigenvalue weighted by Gasteiger charge is -2.38. The molecule has 2 N–H and O–H groups in total. The molecular weight excluding hydrogens is 350 g/mol. The Hall–Kier alpha value is -0.850. The summed E-state index contributed by atoms with van der Waals surface area (Å²) in [6, 6.07) is 1.69. The van der Waals surface area contributed by atoms with Crippen LogP contribution < -0.4 is 10.6 Å². The predicted octanol–water partition coefficient (Wildman–Crippen LogP) is 2.55. The second-order valence-corrected chi connectivity index (χ2v) is 8.56. The minimum absolute atomic E-state index is 0.511. The molecule has 2 aliphatic rings. The molecular formula is C22H45N5O. The molecule has 2 heterocycles. The van der Waals surface area contributed by atoms with E-state index in [0.717, 1.165) is 45.4 Å². The number of piperidine rings is 1. The molecule has 164 valence electrons. The topological polar surface area (TPSA) is 52.1 Å². The summed E-state index contributed by atoms with van der Waals surface area (Å²) in [7, 11) is 0. The van der Waals surface area contributed by atoms with Gasteiger partial charge >= 0.3 is 0 Å². The molecule has 28 heavy (non-hydrogen) atoms. The summed E-state index contributed by atoms with van der Waals surface area (Å²) in [5, 5.41) is 7.20. The molecule has 0 saturated carbocycles. The monoisotopic (exact) mass is 395 g/mol. The van der Waals surface area contributed by atoms with Crippen LogP contribution in [0, 0.1) is 5.92 Å². The number of morpholine rings is 1. The molecule has 0 aliphatic carbocycles. The zero-order chi connectivity index (χ0) is 20.4. The highest BCUT2D eigenvalue weighted by Gasteiger charge is 2.27. The fraction of sp³-hybridized carbons (Fsp3) is 0.955. The van der Waals surface area contributed by atoms with E-state index in [2.05, 4.69) is 55.1 Å². The number of guanidine groups is 1. The molecule has 0 bridgehead atoms. The predicted molar refractivity (Wildman–Crippen MR) is 119 cm³/mol. The van der Waals surface area contributed by atoms with Crippen molar-refractivity contribution in [2.24, 2.45) is 10.9 Å². The van der Waals surface area contributed by atoms with Gasteiger partial charge in [0.15, 0.2) is 5.96 Å². The molecule has 2 aliphatic heterocycles. The average Bonchev–Trinajstić information content (AvgIpc) is 2.72. The van der Waals surface area contributed by atoms with Gasteiger partial charge in [-0.1, -0.05) is 26.7 Å². The molecule has 0 aromatic rings. The van der Waals surface area contributed by atoms with Gasteiger partial charge in [-0.2, -0.15) is 0 Å². The van der Waals surface area contributed by atoms with Crippen LogP contribution in [0.1, 0.15) is 60.3 Å². The van der Waals surface area contributed by atoms with E-state index in [4.69, 9.17) is 9.73 Å². The van der Waals surface area contributed by atoms with Gasteiger partial charge < -0.3 is 20.3 Å². The van der Waals surface area contributed by atoms with Gasteiger partial charge in [-0.25, -0.2) is 0 Å². The van der Waals surface area contributed by atoms with Crippen LogP contribution in [-0.2, 0) is 4.74 Å². The Morgan fingerprint density at radius 2 is 1.64 bits per heavy atom. The number of hydrogen-bond donors (Lipinski definition) is 2. The maximum atomic E-state index is 5.58. The molecule has 1 atom stereocenters. The van der Waals surface area contributed by atoms with Gasteiger partial charge in [0.25, 0.3) is 0 Å². The van der Waals surface area contributed by atoms with Crippen molar-refractivity contribution in [3.63, 3.8) is 0 Å². The van der Waals surface area contributed by atoms with Crippen molar-refractivity contribution < 1.29 is 4.74 Å². The van der Waals surface area contributed by atoms with Crippen LogP contribution >= 0.6 is 0 Å². The first-order valence-electron chi connectivity index (χ1n) is 11.7. The second kappa shape index (κ2) is 12.7. The Morgan fingerprint density at radius 1 is 1.00 bits per heavy atom. The highest BCUT2D eigenvalue weighted by atomic mass is 16.5. The zero-order valence-electron chi connectivity index (χ0n) is 19.0. The highest BCUT2D eigenvalue weighted by molar-refractivity contribution is 5.80. The molecule has 0 aromatic carbocycles. The molecule has 0 aromatic heterocycles. The van der Waals surface area contributed by atoms with Crippen molar-refractivity contribution in [1.82, 2.24) is 20.4 Å². The summed E-state index contributed by atoms with van der Waals surface area (Å²) in [5.41, 5.74) is 0. The Bertz CT molecular complexity index is 438. The number of ether oxygens (including phenoxy) is 1. The first kappa shape index (κ1) is 23.4. The van der Waals surface area contributed by atoms with E-state index < -0.39 is 0 Å². The first-order valence-corrected chi connectivity index (χ1v) is 11.7. The minimum Gasteiger partial charge on any atom is -0.379 e. The van der Waals surface area contributed by atoms with Crippen LogP contribution in [0.4, 0.5) is 0 Å². The zero-order valence-corrected chi connectivity index (χ0v) is 19.0. The summed E-state index contributed by atoms with van der Waals surface area (Å²) >= 11 is 0. The van der Waals surface area contributed by atoms with Crippen LogP contribution in [0.3, 0.4) is 0 Å². The van der Waals surface area contributed by atoms with E-state index in [1.165, 1.54) is 38.8 Å². The van der Waals surface area contributed by atoms with Crippen molar-refractivity contribution in [3.8, 4) is 0 Å². The number of nitrogens with one attached hydrogen (secondary N) is 2. The Labute approximate surface area is 173 Å². The van der Waals surface area contributed by atoms with Gasteiger partial charge in [0.1, 0.15) is 0 Å². The van der Waals surface area contributed by atoms with Crippen LogP contribution in [-0.4, -0.2) is 86.4 Å². The summed E-state index contributed by atoms with van der Waals surface area (Å²) in [6.45, 7) is 19.3. The van der Waals surface area contributed by atoms with Crippen molar-refractivity contribution in [1.29, 1.82) is 0 Å². The standard InChI is InChI=1S/C22H45N5O/c1-6-19(7-2)21(27-13-15-28-16-14-27)17-24-22(23-8-3)25-20-9-11-26(12-10-20)18(4)5/h18-21H,6-17H2,1-5H3,(H2,23,24,25). The van der Waals surface area contributed by atoms with Crippen LogP contribution in [0.25, 0.3) is 0 Å². The molecule has 6 nitrogen and oxygen atoms in total. The van der Waals surface area contributed by atoms with Crippen molar-refractivity contribution in [2.75, 3.05) is 52.5 Å². The smallest absolute Gasteiger partial charge is 0.191 e. The van der Waals surface area contributed by atoms with Crippen LogP contribution in [0.2, 0.25) is 0 Å². The fourth-order valence-corrected chi connectivity index (χ4v) is 4.56. The molecule has 2 rings (SSSR count). The van der Waals surface area contributed by atoms with E-state index in [0.29, 0.717) is 24.0 Å². The molecule has 2 fully saturated rings. The molecule has 1 unspecified atom stereocenters. The highest BCUT2D eigenvalue weighted by Crippen LogP contribution is 2.20. The fourth-order valence-electron chi connectivity index (χ4n) is 4.56. The third kappa shape index (κ3) is 7.20. The molecule has 0 radical (unpaired) electrons. The molecule has 6 heteroatoms. The third-order valence-corrected chi connectivity index (χ3v) is 6.49. The van der Waals surface area contributed by atoms with E-state index in [-0.39, 0.29) is 0 Å². The van der Waals surface area contributed by atoms with Gasteiger partial charge in [0, 0.05) is 50.8 Å². The third-order valence-electron chi connectivity index (χ3n) is 6.49. The van der Waals surface area contributed by atoms with Gasteiger partial charge in [-0.3, -0.25) is 9.89 Å². The van der Waals surface area contributed by atoms with Crippen molar-refractivity contribution in [2.45, 2.75) is 78.4 Å². The molecule has 2 saturated heterocycles. The maximum Gasteiger partial charge on any atom is 0.191 e.